The van der Waals surface area contributed by atoms with Crippen molar-refractivity contribution in [3.05, 3.63) is 51.7 Å². The molecule has 0 saturated carbocycles. The van der Waals surface area contributed by atoms with Crippen LogP contribution >= 0.6 is 11.3 Å². The van der Waals surface area contributed by atoms with Crippen LogP contribution in [0.2, 0.25) is 0 Å². The predicted molar refractivity (Wildman–Crippen MR) is 101 cm³/mol. The van der Waals surface area contributed by atoms with E-state index in [2.05, 4.69) is 53.7 Å². The number of nitrogens with one attached hydrogen (secondary N) is 1. The summed E-state index contributed by atoms with van der Waals surface area (Å²) in [5, 5.41) is 5.44. The molecule has 1 aromatic carbocycles. The third-order valence-corrected chi connectivity index (χ3v) is 5.44. The number of amides is 1. The number of nitrogens with zero attached hydrogens (tertiary/aromatic N) is 2. The second-order valence-corrected chi connectivity index (χ2v) is 7.39. The monoisotopic (exact) mass is 343 g/mol. The van der Waals surface area contributed by atoms with Crippen LogP contribution in [0.15, 0.2) is 35.7 Å². The van der Waals surface area contributed by atoms with E-state index in [1.165, 1.54) is 16.0 Å². The first-order chi connectivity index (χ1) is 11.6. The number of hydrogen-bond acceptors (Lipinski definition) is 4. The van der Waals surface area contributed by atoms with Crippen molar-refractivity contribution in [1.29, 1.82) is 0 Å². The second kappa shape index (κ2) is 7.81. The van der Waals surface area contributed by atoms with Crippen molar-refractivity contribution < 1.29 is 4.79 Å². The molecule has 1 aliphatic heterocycles. The summed E-state index contributed by atoms with van der Waals surface area (Å²) < 4.78 is 0. The molecule has 0 bridgehead atoms. The molecule has 0 atom stereocenters. The Labute approximate surface area is 148 Å². The van der Waals surface area contributed by atoms with Crippen LogP contribution in [0.4, 0.5) is 5.69 Å². The average molecular weight is 343 g/mol. The smallest absolute Gasteiger partial charge is 0.241 e. The topological polar surface area (TPSA) is 35.6 Å². The summed E-state index contributed by atoms with van der Waals surface area (Å²) in [6.07, 6.45) is 0. The fourth-order valence-electron chi connectivity index (χ4n) is 3.15. The molecule has 24 heavy (non-hydrogen) atoms. The molecule has 1 N–H and O–H groups in total. The van der Waals surface area contributed by atoms with Crippen LogP contribution in [0, 0.1) is 13.8 Å². The second-order valence-electron chi connectivity index (χ2n) is 6.36. The van der Waals surface area contributed by atoms with Crippen LogP contribution in [0.1, 0.15) is 16.0 Å². The van der Waals surface area contributed by atoms with E-state index < -0.39 is 0 Å². The van der Waals surface area contributed by atoms with Crippen LogP contribution in [-0.2, 0) is 11.3 Å². The molecule has 2 aromatic rings. The van der Waals surface area contributed by atoms with Gasteiger partial charge < -0.3 is 10.2 Å². The van der Waals surface area contributed by atoms with Gasteiger partial charge in [-0.3, -0.25) is 9.69 Å². The van der Waals surface area contributed by atoms with Crippen molar-refractivity contribution in [2.45, 2.75) is 20.4 Å². The maximum atomic E-state index is 12.5. The number of hydrogen-bond donors (Lipinski definition) is 1. The lowest BCUT2D eigenvalue weighted by Crippen LogP contribution is -2.49. The van der Waals surface area contributed by atoms with E-state index in [0.29, 0.717) is 6.54 Å². The molecule has 0 spiro atoms. The zero-order chi connectivity index (χ0) is 16.9. The molecule has 5 heteroatoms. The first-order valence-electron chi connectivity index (χ1n) is 8.46. The standard InChI is InChI=1S/C19H25N3OS/c1-15-5-3-6-16(2)19(15)20-13-18(23)22-10-8-21(9-11-22)14-17-7-4-12-24-17/h3-7,12,20H,8-11,13-14H2,1-2H3. The molecular weight excluding hydrogens is 318 g/mol. The lowest BCUT2D eigenvalue weighted by molar-refractivity contribution is -0.131. The van der Waals surface area contributed by atoms with Gasteiger partial charge in [-0.1, -0.05) is 24.3 Å². The van der Waals surface area contributed by atoms with Crippen molar-refractivity contribution in [3.8, 4) is 0 Å². The van der Waals surface area contributed by atoms with Gasteiger partial charge in [-0.15, -0.1) is 11.3 Å². The van der Waals surface area contributed by atoms with Crippen molar-refractivity contribution in [3.63, 3.8) is 0 Å². The molecule has 0 radical (unpaired) electrons. The molecule has 1 saturated heterocycles. The maximum Gasteiger partial charge on any atom is 0.241 e. The fourth-order valence-corrected chi connectivity index (χ4v) is 3.89. The van der Waals surface area contributed by atoms with Gasteiger partial charge in [0.2, 0.25) is 5.91 Å². The Morgan fingerprint density at radius 2 is 1.79 bits per heavy atom. The predicted octanol–water partition coefficient (Wildman–Crippen LogP) is 3.12. The Balaban J connectivity index is 1.47. The van der Waals surface area contributed by atoms with Gasteiger partial charge in [-0.2, -0.15) is 0 Å². The summed E-state index contributed by atoms with van der Waals surface area (Å²) >= 11 is 1.80. The van der Waals surface area contributed by atoms with Crippen molar-refractivity contribution in [1.82, 2.24) is 9.80 Å². The third kappa shape index (κ3) is 4.16. The van der Waals surface area contributed by atoms with Gasteiger partial charge in [0.1, 0.15) is 0 Å². The van der Waals surface area contributed by atoms with Gasteiger partial charge in [-0.25, -0.2) is 0 Å². The van der Waals surface area contributed by atoms with Gasteiger partial charge in [0, 0.05) is 43.3 Å². The van der Waals surface area contributed by atoms with Crippen molar-refractivity contribution >= 4 is 22.9 Å². The van der Waals surface area contributed by atoms with E-state index in [4.69, 9.17) is 0 Å². The van der Waals surface area contributed by atoms with Gasteiger partial charge in [-0.05, 0) is 36.4 Å². The van der Waals surface area contributed by atoms with E-state index in [1.54, 1.807) is 11.3 Å². The normalized spacial score (nSPS) is 15.5. The minimum Gasteiger partial charge on any atom is -0.376 e. The van der Waals surface area contributed by atoms with E-state index in [1.807, 2.05) is 11.0 Å². The Morgan fingerprint density at radius 3 is 2.42 bits per heavy atom. The quantitative estimate of drug-likeness (QED) is 0.906. The average Bonchev–Trinajstić information content (AvgIpc) is 3.08. The number of thiophene rings is 1. The summed E-state index contributed by atoms with van der Waals surface area (Å²) in [6.45, 7) is 9.06. The minimum absolute atomic E-state index is 0.188. The number of para-hydroxylation sites is 1. The highest BCUT2D eigenvalue weighted by Gasteiger charge is 2.21. The van der Waals surface area contributed by atoms with E-state index in [-0.39, 0.29) is 5.91 Å². The highest BCUT2D eigenvalue weighted by molar-refractivity contribution is 7.09. The Hall–Kier alpha value is -1.85. The number of piperazine rings is 1. The number of carbonyl (C=O) groups is 1. The first-order valence-corrected chi connectivity index (χ1v) is 9.34. The first kappa shape index (κ1) is 17.0. The Bertz CT molecular complexity index is 656. The summed E-state index contributed by atoms with van der Waals surface area (Å²) in [5.74, 6) is 0.188. The number of benzene rings is 1. The lowest BCUT2D eigenvalue weighted by atomic mass is 10.1. The van der Waals surface area contributed by atoms with Crippen LogP contribution in [0.25, 0.3) is 0 Å². The summed E-state index contributed by atoms with van der Waals surface area (Å²) in [5.41, 5.74) is 3.45. The Kier molecular flexibility index (Phi) is 5.53. The number of anilines is 1. The molecule has 128 valence electrons. The SMILES string of the molecule is Cc1cccc(C)c1NCC(=O)N1CCN(Cc2cccs2)CC1. The Morgan fingerprint density at radius 1 is 1.08 bits per heavy atom. The van der Waals surface area contributed by atoms with Gasteiger partial charge >= 0.3 is 0 Å². The fraction of sp³-hybridized carbons (Fsp3) is 0.421. The summed E-state index contributed by atoms with van der Waals surface area (Å²) in [6, 6.07) is 10.5. The largest absolute Gasteiger partial charge is 0.376 e. The third-order valence-electron chi connectivity index (χ3n) is 4.58. The van der Waals surface area contributed by atoms with Crippen LogP contribution in [0.3, 0.4) is 0 Å². The highest BCUT2D eigenvalue weighted by Crippen LogP contribution is 2.19. The van der Waals surface area contributed by atoms with Gasteiger partial charge in [0.25, 0.3) is 0 Å². The van der Waals surface area contributed by atoms with Gasteiger partial charge in [0.15, 0.2) is 0 Å². The van der Waals surface area contributed by atoms with E-state index in [9.17, 15) is 4.79 Å². The zero-order valence-corrected chi connectivity index (χ0v) is 15.2. The molecule has 2 heterocycles. The lowest BCUT2D eigenvalue weighted by Gasteiger charge is -2.34. The summed E-state index contributed by atoms with van der Waals surface area (Å²) in [7, 11) is 0. The molecular formula is C19H25N3OS. The van der Waals surface area contributed by atoms with Gasteiger partial charge in [0.05, 0.1) is 6.54 Å². The minimum atomic E-state index is 0.188. The molecule has 0 unspecified atom stereocenters. The zero-order valence-electron chi connectivity index (χ0n) is 14.4. The van der Waals surface area contributed by atoms with Crippen LogP contribution in [0.5, 0.6) is 0 Å². The number of aryl methyl sites for hydroxylation is 2. The summed E-state index contributed by atoms with van der Waals surface area (Å²) in [4.78, 5) is 18.3. The number of rotatable bonds is 5. The molecule has 1 fully saturated rings. The van der Waals surface area contributed by atoms with E-state index >= 15 is 0 Å². The van der Waals surface area contributed by atoms with Crippen LogP contribution in [-0.4, -0.2) is 48.4 Å². The molecule has 1 aromatic heterocycles. The van der Waals surface area contributed by atoms with Crippen molar-refractivity contribution in [2.75, 3.05) is 38.0 Å². The molecule has 1 amide bonds. The van der Waals surface area contributed by atoms with E-state index in [0.717, 1.165) is 38.4 Å². The highest BCUT2D eigenvalue weighted by atomic mass is 32.1. The number of carbonyl (C=O) groups excluding carboxylic acids is 1. The molecule has 3 rings (SSSR count). The van der Waals surface area contributed by atoms with Crippen molar-refractivity contribution in [2.24, 2.45) is 0 Å². The van der Waals surface area contributed by atoms with Crippen LogP contribution < -0.4 is 5.32 Å². The molecule has 1 aliphatic rings. The maximum absolute atomic E-state index is 12.5. The molecule has 0 aliphatic carbocycles. The molecule has 4 nitrogen and oxygen atoms in total.